The quantitative estimate of drug-likeness (QED) is 0.485. The van der Waals surface area contributed by atoms with E-state index < -0.39 is 16.5 Å². The van der Waals surface area contributed by atoms with E-state index in [4.69, 9.17) is 0 Å². The van der Waals surface area contributed by atoms with Crippen molar-refractivity contribution in [3.05, 3.63) is 33.4 Å². The number of methoxy groups -OCH3 is 1. The molecule has 0 radical (unpaired) electrons. The molecule has 1 rings (SSSR count). The lowest BCUT2D eigenvalue weighted by molar-refractivity contribution is -0.384. The number of nitrogens with one attached hydrogen (secondary N) is 1. The van der Waals surface area contributed by atoms with E-state index in [-0.39, 0.29) is 29.0 Å². The van der Waals surface area contributed by atoms with Crippen molar-refractivity contribution in [3.63, 3.8) is 0 Å². The summed E-state index contributed by atoms with van der Waals surface area (Å²) in [4.78, 5) is 22.2. The van der Waals surface area contributed by atoms with E-state index >= 15 is 0 Å². The minimum atomic E-state index is -1.01. The van der Waals surface area contributed by atoms with Crippen molar-refractivity contribution in [2.24, 2.45) is 0 Å². The van der Waals surface area contributed by atoms with E-state index in [1.165, 1.54) is 26.2 Å². The maximum Gasteiger partial charge on any atom is 0.338 e. The average molecular weight is 282 g/mol. The van der Waals surface area contributed by atoms with Gasteiger partial charge in [0.1, 0.15) is 5.69 Å². The van der Waals surface area contributed by atoms with Crippen LogP contribution in [-0.4, -0.2) is 35.3 Å². The van der Waals surface area contributed by atoms with Crippen LogP contribution in [0.15, 0.2) is 12.1 Å². The number of hydrogen-bond acceptors (Lipinski definition) is 6. The monoisotopic (exact) mass is 282 g/mol. The van der Waals surface area contributed by atoms with Gasteiger partial charge in [-0.2, -0.15) is 0 Å². The van der Waals surface area contributed by atoms with Gasteiger partial charge >= 0.3 is 5.97 Å². The Morgan fingerprint density at radius 1 is 1.50 bits per heavy atom. The number of esters is 1. The number of rotatable bonds is 5. The first kappa shape index (κ1) is 15.9. The van der Waals surface area contributed by atoms with Gasteiger partial charge in [0.05, 0.1) is 23.2 Å². The van der Waals surface area contributed by atoms with Crippen molar-refractivity contribution >= 4 is 17.3 Å². The highest BCUT2D eigenvalue weighted by atomic mass is 16.6. The van der Waals surface area contributed by atoms with Crippen LogP contribution < -0.4 is 5.32 Å². The third kappa shape index (κ3) is 3.67. The fraction of sp³-hybridized carbons (Fsp3) is 0.462. The Morgan fingerprint density at radius 3 is 2.55 bits per heavy atom. The Hall–Kier alpha value is -2.15. The number of hydrogen-bond donors (Lipinski definition) is 2. The van der Waals surface area contributed by atoms with Crippen molar-refractivity contribution in [1.82, 2.24) is 0 Å². The zero-order valence-corrected chi connectivity index (χ0v) is 11.9. The lowest BCUT2D eigenvalue weighted by Gasteiger charge is -2.19. The topological polar surface area (TPSA) is 102 Å². The molecule has 1 aromatic rings. The first-order valence-electron chi connectivity index (χ1n) is 6.00. The summed E-state index contributed by atoms with van der Waals surface area (Å²) >= 11 is 0. The molecule has 0 atom stereocenters. The molecular formula is C13H18N2O5. The van der Waals surface area contributed by atoms with Crippen molar-refractivity contribution in [1.29, 1.82) is 0 Å². The maximum absolute atomic E-state index is 11.5. The van der Waals surface area contributed by atoms with Crippen LogP contribution in [0.2, 0.25) is 0 Å². The van der Waals surface area contributed by atoms with Crippen LogP contribution in [0.5, 0.6) is 0 Å². The number of aliphatic hydroxyl groups is 1. The molecule has 0 aliphatic carbocycles. The largest absolute Gasteiger partial charge is 0.465 e. The number of nitro benzene ring substituents is 1. The molecule has 1 aromatic carbocycles. The molecule has 0 heterocycles. The summed E-state index contributed by atoms with van der Waals surface area (Å²) < 4.78 is 4.58. The fourth-order valence-corrected chi connectivity index (χ4v) is 1.72. The second-order valence-corrected chi connectivity index (χ2v) is 5.05. The van der Waals surface area contributed by atoms with Crippen LogP contribution in [0.25, 0.3) is 0 Å². The predicted molar refractivity (Wildman–Crippen MR) is 74.0 cm³/mol. The van der Waals surface area contributed by atoms with E-state index in [1.807, 2.05) is 0 Å². The molecule has 7 heteroatoms. The molecule has 0 saturated heterocycles. The molecule has 0 amide bonds. The molecule has 0 aliphatic heterocycles. The van der Waals surface area contributed by atoms with Gasteiger partial charge in [-0.25, -0.2) is 4.79 Å². The molecule has 0 aromatic heterocycles. The standard InChI is InChI=1S/C13H18N2O5/c1-8-9(12(16)20-4)5-6-10(11(8)15(18)19)14-7-13(2,3)17/h5-6,14,17H,7H2,1-4H3. The summed E-state index contributed by atoms with van der Waals surface area (Å²) in [6.07, 6.45) is 0. The summed E-state index contributed by atoms with van der Waals surface area (Å²) in [6.45, 7) is 4.80. The first-order chi connectivity index (χ1) is 9.17. The van der Waals surface area contributed by atoms with Crippen LogP contribution >= 0.6 is 0 Å². The summed E-state index contributed by atoms with van der Waals surface area (Å²) in [5.41, 5.74) is -0.585. The minimum absolute atomic E-state index is 0.144. The molecule has 7 nitrogen and oxygen atoms in total. The molecular weight excluding hydrogens is 264 g/mol. The molecule has 2 N–H and O–H groups in total. The normalized spacial score (nSPS) is 11.1. The van der Waals surface area contributed by atoms with Crippen molar-refractivity contribution in [3.8, 4) is 0 Å². The summed E-state index contributed by atoms with van der Waals surface area (Å²) in [5.74, 6) is -0.625. The van der Waals surface area contributed by atoms with Gasteiger partial charge < -0.3 is 15.2 Å². The number of anilines is 1. The van der Waals surface area contributed by atoms with E-state index in [1.54, 1.807) is 13.8 Å². The highest BCUT2D eigenvalue weighted by molar-refractivity contribution is 5.93. The van der Waals surface area contributed by atoms with Gasteiger partial charge in [-0.15, -0.1) is 0 Å². The first-order valence-corrected chi connectivity index (χ1v) is 6.00. The van der Waals surface area contributed by atoms with Crippen LogP contribution in [0.1, 0.15) is 29.8 Å². The zero-order chi connectivity index (χ0) is 15.5. The molecule has 20 heavy (non-hydrogen) atoms. The number of nitrogens with zero attached hydrogens (tertiary/aromatic N) is 1. The SMILES string of the molecule is COC(=O)c1ccc(NCC(C)(C)O)c([N+](=O)[O-])c1C. The zero-order valence-electron chi connectivity index (χ0n) is 11.9. The molecule has 0 aliphatic rings. The second kappa shape index (κ2) is 5.87. The summed E-state index contributed by atoms with van der Waals surface area (Å²) in [6, 6.07) is 2.89. The fourth-order valence-electron chi connectivity index (χ4n) is 1.72. The molecule has 0 fully saturated rings. The number of carbonyl (C=O) groups is 1. The third-order valence-corrected chi connectivity index (χ3v) is 2.73. The van der Waals surface area contributed by atoms with Crippen LogP contribution in [-0.2, 0) is 4.74 Å². The van der Waals surface area contributed by atoms with Crippen molar-refractivity contribution in [2.75, 3.05) is 19.0 Å². The van der Waals surface area contributed by atoms with Gasteiger partial charge in [-0.1, -0.05) is 0 Å². The number of benzene rings is 1. The van der Waals surface area contributed by atoms with E-state index in [0.717, 1.165) is 0 Å². The lowest BCUT2D eigenvalue weighted by Crippen LogP contribution is -2.29. The van der Waals surface area contributed by atoms with Crippen molar-refractivity contribution < 1.29 is 19.6 Å². The van der Waals surface area contributed by atoms with Crippen molar-refractivity contribution in [2.45, 2.75) is 26.4 Å². The minimum Gasteiger partial charge on any atom is -0.465 e. The van der Waals surface area contributed by atoms with Gasteiger partial charge in [-0.05, 0) is 32.9 Å². The molecule has 0 bridgehead atoms. The summed E-state index contributed by atoms with van der Waals surface area (Å²) in [5, 5.41) is 23.6. The molecule has 110 valence electrons. The molecule has 0 spiro atoms. The second-order valence-electron chi connectivity index (χ2n) is 5.05. The number of nitro groups is 1. The molecule has 0 unspecified atom stereocenters. The Balaban J connectivity index is 3.23. The van der Waals surface area contributed by atoms with E-state index in [2.05, 4.69) is 10.1 Å². The number of ether oxygens (including phenoxy) is 1. The van der Waals surface area contributed by atoms with Crippen LogP contribution in [0.4, 0.5) is 11.4 Å². The third-order valence-electron chi connectivity index (χ3n) is 2.73. The van der Waals surface area contributed by atoms with Gasteiger partial charge in [0.25, 0.3) is 5.69 Å². The Labute approximate surface area is 116 Å². The Kier molecular flexibility index (Phi) is 4.67. The Morgan fingerprint density at radius 2 is 2.10 bits per heavy atom. The number of carbonyl (C=O) groups excluding carboxylic acids is 1. The Bertz CT molecular complexity index is 534. The van der Waals surface area contributed by atoms with E-state index in [9.17, 15) is 20.0 Å². The average Bonchev–Trinajstić information content (AvgIpc) is 2.34. The molecule has 0 saturated carbocycles. The van der Waals surface area contributed by atoms with Gasteiger partial charge in [0.2, 0.25) is 0 Å². The van der Waals surface area contributed by atoms with Gasteiger partial charge in [-0.3, -0.25) is 10.1 Å². The van der Waals surface area contributed by atoms with Crippen LogP contribution in [0.3, 0.4) is 0 Å². The highest BCUT2D eigenvalue weighted by Gasteiger charge is 2.24. The van der Waals surface area contributed by atoms with Gasteiger partial charge in [0, 0.05) is 12.1 Å². The highest BCUT2D eigenvalue weighted by Crippen LogP contribution is 2.31. The predicted octanol–water partition coefficient (Wildman–Crippen LogP) is 1.87. The smallest absolute Gasteiger partial charge is 0.338 e. The lowest BCUT2D eigenvalue weighted by atomic mass is 10.0. The van der Waals surface area contributed by atoms with Gasteiger partial charge in [0.15, 0.2) is 0 Å². The maximum atomic E-state index is 11.5. The van der Waals surface area contributed by atoms with Crippen LogP contribution in [0, 0.1) is 17.0 Å². The summed E-state index contributed by atoms with van der Waals surface area (Å²) in [7, 11) is 1.22. The van der Waals surface area contributed by atoms with E-state index in [0.29, 0.717) is 0 Å².